The standard InChI is InChI=1S/C9H18N2OS/c1-2-6-13-7-8(11-10)9-4-3-5-12-9/h4,8,11H,2-3,5-7,10H2,1H3. The monoisotopic (exact) mass is 202 g/mol. The Morgan fingerprint density at radius 2 is 2.62 bits per heavy atom. The lowest BCUT2D eigenvalue weighted by Crippen LogP contribution is -2.38. The fraction of sp³-hybridized carbons (Fsp3) is 0.778. The van der Waals surface area contributed by atoms with Crippen molar-refractivity contribution in [2.45, 2.75) is 25.8 Å². The van der Waals surface area contributed by atoms with Crippen molar-refractivity contribution in [2.75, 3.05) is 18.1 Å². The van der Waals surface area contributed by atoms with E-state index in [1.54, 1.807) is 0 Å². The molecule has 4 heteroatoms. The molecule has 1 aliphatic heterocycles. The number of nitrogens with one attached hydrogen (secondary N) is 1. The van der Waals surface area contributed by atoms with Crippen molar-refractivity contribution in [1.82, 2.24) is 5.43 Å². The number of ether oxygens (including phenoxy) is 1. The average Bonchev–Trinajstić information content (AvgIpc) is 2.65. The quantitative estimate of drug-likeness (QED) is 0.387. The maximum absolute atomic E-state index is 5.45. The molecule has 3 nitrogen and oxygen atoms in total. The Morgan fingerprint density at radius 1 is 1.77 bits per heavy atom. The number of nitrogens with two attached hydrogens (primary N) is 1. The molecule has 0 aromatic carbocycles. The molecule has 76 valence electrons. The van der Waals surface area contributed by atoms with Gasteiger partial charge in [-0.3, -0.25) is 5.84 Å². The van der Waals surface area contributed by atoms with Gasteiger partial charge in [0, 0.05) is 12.2 Å². The Kier molecular flexibility index (Phi) is 5.27. The van der Waals surface area contributed by atoms with E-state index in [2.05, 4.69) is 18.4 Å². The molecule has 0 aliphatic carbocycles. The topological polar surface area (TPSA) is 47.3 Å². The molecule has 1 aliphatic rings. The predicted octanol–water partition coefficient (Wildman–Crippen LogP) is 1.27. The molecule has 0 bridgehead atoms. The van der Waals surface area contributed by atoms with Crippen molar-refractivity contribution in [2.24, 2.45) is 5.84 Å². The third-order valence-corrected chi connectivity index (χ3v) is 3.18. The third-order valence-electron chi connectivity index (χ3n) is 1.91. The molecule has 0 saturated heterocycles. The molecular formula is C9H18N2OS. The molecule has 3 N–H and O–H groups in total. The first-order chi connectivity index (χ1) is 6.38. The Hall–Kier alpha value is -0.190. The zero-order chi connectivity index (χ0) is 9.52. The lowest BCUT2D eigenvalue weighted by Gasteiger charge is -2.16. The Bertz CT molecular complexity index is 173. The summed E-state index contributed by atoms with van der Waals surface area (Å²) in [6.45, 7) is 3.00. The number of hydrazine groups is 1. The van der Waals surface area contributed by atoms with Gasteiger partial charge in [0.05, 0.1) is 12.6 Å². The highest BCUT2D eigenvalue weighted by Crippen LogP contribution is 2.16. The summed E-state index contributed by atoms with van der Waals surface area (Å²) in [5.41, 5.74) is 2.79. The molecule has 1 rings (SSSR count). The van der Waals surface area contributed by atoms with E-state index < -0.39 is 0 Å². The highest BCUT2D eigenvalue weighted by atomic mass is 32.2. The summed E-state index contributed by atoms with van der Waals surface area (Å²) in [7, 11) is 0. The fourth-order valence-corrected chi connectivity index (χ4v) is 2.19. The highest BCUT2D eigenvalue weighted by Gasteiger charge is 2.16. The van der Waals surface area contributed by atoms with Crippen LogP contribution in [0.15, 0.2) is 11.8 Å². The first-order valence-electron chi connectivity index (χ1n) is 4.75. The minimum absolute atomic E-state index is 0.194. The summed E-state index contributed by atoms with van der Waals surface area (Å²) in [6.07, 6.45) is 4.35. The molecule has 0 aromatic rings. The van der Waals surface area contributed by atoms with Gasteiger partial charge in [0.1, 0.15) is 5.76 Å². The Balaban J connectivity index is 2.25. The maximum Gasteiger partial charge on any atom is 0.111 e. The molecular weight excluding hydrogens is 184 g/mol. The van der Waals surface area contributed by atoms with E-state index in [0.29, 0.717) is 0 Å². The van der Waals surface area contributed by atoms with E-state index in [1.165, 1.54) is 12.2 Å². The molecule has 1 atom stereocenters. The number of rotatable bonds is 6. The second-order valence-corrected chi connectivity index (χ2v) is 4.19. The van der Waals surface area contributed by atoms with E-state index in [0.717, 1.165) is 24.5 Å². The van der Waals surface area contributed by atoms with Crippen LogP contribution in [0.1, 0.15) is 19.8 Å². The largest absolute Gasteiger partial charge is 0.496 e. The van der Waals surface area contributed by atoms with E-state index in [9.17, 15) is 0 Å². The number of thioether (sulfide) groups is 1. The van der Waals surface area contributed by atoms with Crippen LogP contribution in [0.4, 0.5) is 0 Å². The molecule has 0 aromatic heterocycles. The molecule has 0 spiro atoms. The van der Waals surface area contributed by atoms with Gasteiger partial charge in [0.25, 0.3) is 0 Å². The van der Waals surface area contributed by atoms with Crippen LogP contribution in [0.25, 0.3) is 0 Å². The zero-order valence-electron chi connectivity index (χ0n) is 8.08. The van der Waals surface area contributed by atoms with Gasteiger partial charge < -0.3 is 4.74 Å². The predicted molar refractivity (Wildman–Crippen MR) is 57.4 cm³/mol. The summed E-state index contributed by atoms with van der Waals surface area (Å²) in [6, 6.07) is 0.194. The lowest BCUT2D eigenvalue weighted by molar-refractivity contribution is 0.220. The van der Waals surface area contributed by atoms with Crippen LogP contribution in [0, 0.1) is 0 Å². The van der Waals surface area contributed by atoms with Crippen LogP contribution in [0.5, 0.6) is 0 Å². The van der Waals surface area contributed by atoms with Crippen molar-refractivity contribution in [3.8, 4) is 0 Å². The van der Waals surface area contributed by atoms with Gasteiger partial charge in [0.15, 0.2) is 0 Å². The first-order valence-corrected chi connectivity index (χ1v) is 5.90. The van der Waals surface area contributed by atoms with Crippen LogP contribution in [-0.2, 0) is 4.74 Å². The molecule has 0 saturated carbocycles. The van der Waals surface area contributed by atoms with E-state index >= 15 is 0 Å². The van der Waals surface area contributed by atoms with Crippen LogP contribution >= 0.6 is 11.8 Å². The van der Waals surface area contributed by atoms with Crippen LogP contribution < -0.4 is 11.3 Å². The SMILES string of the molecule is CCCSCC(NN)C1=CCCO1. The van der Waals surface area contributed by atoms with Crippen LogP contribution in [-0.4, -0.2) is 24.2 Å². The third kappa shape index (κ3) is 3.58. The van der Waals surface area contributed by atoms with Crippen molar-refractivity contribution in [1.29, 1.82) is 0 Å². The van der Waals surface area contributed by atoms with Crippen LogP contribution in [0.2, 0.25) is 0 Å². The summed E-state index contributed by atoms with van der Waals surface area (Å²) in [4.78, 5) is 0. The minimum atomic E-state index is 0.194. The van der Waals surface area contributed by atoms with E-state index in [-0.39, 0.29) is 6.04 Å². The zero-order valence-corrected chi connectivity index (χ0v) is 8.90. The Morgan fingerprint density at radius 3 is 3.15 bits per heavy atom. The minimum Gasteiger partial charge on any atom is -0.496 e. The van der Waals surface area contributed by atoms with E-state index in [1.807, 2.05) is 11.8 Å². The lowest BCUT2D eigenvalue weighted by atomic mass is 10.3. The number of hydrogen-bond acceptors (Lipinski definition) is 4. The van der Waals surface area contributed by atoms with Gasteiger partial charge in [-0.1, -0.05) is 6.92 Å². The van der Waals surface area contributed by atoms with Gasteiger partial charge in [0.2, 0.25) is 0 Å². The van der Waals surface area contributed by atoms with Crippen LogP contribution in [0.3, 0.4) is 0 Å². The summed E-state index contributed by atoms with van der Waals surface area (Å²) >= 11 is 1.91. The molecule has 1 heterocycles. The second-order valence-electron chi connectivity index (χ2n) is 3.04. The maximum atomic E-state index is 5.45. The summed E-state index contributed by atoms with van der Waals surface area (Å²) in [5, 5.41) is 0. The molecule has 1 unspecified atom stereocenters. The van der Waals surface area contributed by atoms with Crippen molar-refractivity contribution < 1.29 is 4.74 Å². The molecule has 0 amide bonds. The number of hydrogen-bond donors (Lipinski definition) is 2. The smallest absolute Gasteiger partial charge is 0.111 e. The van der Waals surface area contributed by atoms with Gasteiger partial charge in [-0.2, -0.15) is 11.8 Å². The fourth-order valence-electron chi connectivity index (χ4n) is 1.24. The molecule has 0 radical (unpaired) electrons. The van der Waals surface area contributed by atoms with Crippen molar-refractivity contribution in [3.05, 3.63) is 11.8 Å². The average molecular weight is 202 g/mol. The normalized spacial score (nSPS) is 18.2. The Labute approximate surface area is 84.1 Å². The summed E-state index contributed by atoms with van der Waals surface area (Å²) < 4.78 is 5.44. The van der Waals surface area contributed by atoms with Gasteiger partial charge in [-0.05, 0) is 18.2 Å². The van der Waals surface area contributed by atoms with Crippen molar-refractivity contribution >= 4 is 11.8 Å². The molecule has 13 heavy (non-hydrogen) atoms. The van der Waals surface area contributed by atoms with Gasteiger partial charge in [-0.25, -0.2) is 5.43 Å². The summed E-state index contributed by atoms with van der Waals surface area (Å²) in [5.74, 6) is 8.65. The second kappa shape index (κ2) is 6.29. The van der Waals surface area contributed by atoms with Gasteiger partial charge in [-0.15, -0.1) is 0 Å². The van der Waals surface area contributed by atoms with Gasteiger partial charge >= 0.3 is 0 Å². The van der Waals surface area contributed by atoms with Crippen molar-refractivity contribution in [3.63, 3.8) is 0 Å². The highest BCUT2D eigenvalue weighted by molar-refractivity contribution is 7.99. The van der Waals surface area contributed by atoms with E-state index in [4.69, 9.17) is 10.6 Å². The first kappa shape index (κ1) is 10.9. The molecule has 0 fully saturated rings.